The molecule has 0 bridgehead atoms. The quantitative estimate of drug-likeness (QED) is 0.819. The summed E-state index contributed by atoms with van der Waals surface area (Å²) in [4.78, 5) is 2.31. The smallest absolute Gasteiger partial charge is 0.0726 e. The predicted octanol–water partition coefficient (Wildman–Crippen LogP) is 2.69. The van der Waals surface area contributed by atoms with Gasteiger partial charge in [0.2, 0.25) is 0 Å². The number of benzene rings is 1. The molecule has 0 radical (unpaired) electrons. The molecule has 0 unspecified atom stereocenters. The molecule has 1 aromatic rings. The Morgan fingerprint density at radius 3 is 2.67 bits per heavy atom. The highest BCUT2D eigenvalue weighted by Gasteiger charge is 2.23. The van der Waals surface area contributed by atoms with Crippen molar-refractivity contribution in [2.75, 3.05) is 38.3 Å². The normalized spacial score (nSPS) is 22.6. The Kier molecular flexibility index (Phi) is 6.30. The Morgan fingerprint density at radius 2 is 2.05 bits per heavy atom. The molecule has 5 heteroatoms. The summed E-state index contributed by atoms with van der Waals surface area (Å²) in [5.74, 6) is 0. The number of methoxy groups -OCH3 is 1. The molecule has 1 heterocycles. The molecule has 2 atom stereocenters. The summed E-state index contributed by atoms with van der Waals surface area (Å²) >= 11 is 6.46. The van der Waals surface area contributed by atoms with Crippen LogP contribution in [0.4, 0.5) is 5.69 Å². The second kappa shape index (κ2) is 7.99. The maximum atomic E-state index is 6.46. The largest absolute Gasteiger partial charge is 0.383 e. The molecule has 0 aliphatic carbocycles. The van der Waals surface area contributed by atoms with Gasteiger partial charge in [0.15, 0.2) is 0 Å². The van der Waals surface area contributed by atoms with Crippen molar-refractivity contribution in [3.8, 4) is 0 Å². The molecule has 0 saturated carbocycles. The van der Waals surface area contributed by atoms with Crippen LogP contribution in [0.2, 0.25) is 5.02 Å². The number of nitrogens with one attached hydrogen (secondary N) is 1. The van der Waals surface area contributed by atoms with E-state index in [9.17, 15) is 0 Å². The van der Waals surface area contributed by atoms with Crippen LogP contribution in [0, 0.1) is 0 Å². The zero-order valence-electron chi connectivity index (χ0n) is 13.1. The third-order valence-electron chi connectivity index (χ3n) is 3.58. The SMILES string of the molecule is COCCNCc1ccc(N2C[C@@H](C)O[C@@H](C)C2)c(Cl)c1. The first-order valence-electron chi connectivity index (χ1n) is 7.48. The van der Waals surface area contributed by atoms with E-state index in [-0.39, 0.29) is 12.2 Å². The predicted molar refractivity (Wildman–Crippen MR) is 87.3 cm³/mol. The van der Waals surface area contributed by atoms with E-state index in [0.717, 1.165) is 43.5 Å². The van der Waals surface area contributed by atoms with E-state index in [1.165, 1.54) is 5.56 Å². The van der Waals surface area contributed by atoms with Gasteiger partial charge in [0.05, 0.1) is 29.5 Å². The Labute approximate surface area is 132 Å². The number of hydrogen-bond donors (Lipinski definition) is 1. The van der Waals surface area contributed by atoms with Gasteiger partial charge in [-0.1, -0.05) is 17.7 Å². The van der Waals surface area contributed by atoms with E-state index < -0.39 is 0 Å². The van der Waals surface area contributed by atoms with Crippen LogP contribution in [-0.2, 0) is 16.0 Å². The second-order valence-electron chi connectivity index (χ2n) is 5.62. The van der Waals surface area contributed by atoms with Gasteiger partial charge in [-0.15, -0.1) is 0 Å². The van der Waals surface area contributed by atoms with Gasteiger partial charge in [-0.2, -0.15) is 0 Å². The van der Waals surface area contributed by atoms with E-state index in [1.807, 2.05) is 6.07 Å². The minimum absolute atomic E-state index is 0.236. The molecule has 1 saturated heterocycles. The van der Waals surface area contributed by atoms with Crippen molar-refractivity contribution in [2.45, 2.75) is 32.6 Å². The van der Waals surface area contributed by atoms with Crippen LogP contribution in [0.5, 0.6) is 0 Å². The topological polar surface area (TPSA) is 33.7 Å². The number of hydrogen-bond acceptors (Lipinski definition) is 4. The zero-order valence-corrected chi connectivity index (χ0v) is 13.8. The van der Waals surface area contributed by atoms with Crippen molar-refractivity contribution in [3.63, 3.8) is 0 Å². The van der Waals surface area contributed by atoms with Gasteiger partial charge in [-0.3, -0.25) is 0 Å². The Bertz CT molecular complexity index is 446. The average Bonchev–Trinajstić information content (AvgIpc) is 2.42. The van der Waals surface area contributed by atoms with Crippen molar-refractivity contribution >= 4 is 17.3 Å². The van der Waals surface area contributed by atoms with Crippen molar-refractivity contribution in [3.05, 3.63) is 28.8 Å². The molecule has 0 amide bonds. The highest BCUT2D eigenvalue weighted by Crippen LogP contribution is 2.29. The van der Waals surface area contributed by atoms with Crippen molar-refractivity contribution in [1.29, 1.82) is 0 Å². The molecule has 118 valence electrons. The fourth-order valence-corrected chi connectivity index (χ4v) is 3.02. The van der Waals surface area contributed by atoms with Crippen molar-refractivity contribution < 1.29 is 9.47 Å². The Balaban J connectivity index is 1.98. The third kappa shape index (κ3) is 4.85. The summed E-state index contributed by atoms with van der Waals surface area (Å²) in [6.07, 6.45) is 0.473. The molecule has 1 N–H and O–H groups in total. The minimum Gasteiger partial charge on any atom is -0.383 e. The maximum absolute atomic E-state index is 6.46. The van der Waals surface area contributed by atoms with E-state index in [2.05, 4.69) is 36.2 Å². The third-order valence-corrected chi connectivity index (χ3v) is 3.89. The number of morpholine rings is 1. The van der Waals surface area contributed by atoms with Gasteiger partial charge in [-0.05, 0) is 31.5 Å². The summed E-state index contributed by atoms with van der Waals surface area (Å²) in [7, 11) is 1.71. The Hall–Kier alpha value is -0.810. The molecule has 1 aromatic carbocycles. The van der Waals surface area contributed by atoms with Crippen LogP contribution in [0.3, 0.4) is 0 Å². The van der Waals surface area contributed by atoms with Crippen LogP contribution in [0.15, 0.2) is 18.2 Å². The van der Waals surface area contributed by atoms with E-state index in [4.69, 9.17) is 21.1 Å². The van der Waals surface area contributed by atoms with Gasteiger partial charge in [0.25, 0.3) is 0 Å². The molecule has 21 heavy (non-hydrogen) atoms. The summed E-state index contributed by atoms with van der Waals surface area (Å²) in [5, 5.41) is 4.13. The lowest BCUT2D eigenvalue weighted by atomic mass is 10.1. The molecule has 4 nitrogen and oxygen atoms in total. The van der Waals surface area contributed by atoms with Crippen molar-refractivity contribution in [1.82, 2.24) is 5.32 Å². The van der Waals surface area contributed by atoms with Gasteiger partial charge in [0, 0.05) is 33.3 Å². The first-order valence-corrected chi connectivity index (χ1v) is 7.86. The number of rotatable bonds is 6. The number of anilines is 1. The van der Waals surface area contributed by atoms with Gasteiger partial charge in [0.1, 0.15) is 0 Å². The van der Waals surface area contributed by atoms with Gasteiger partial charge in [-0.25, -0.2) is 0 Å². The molecule has 1 aliphatic heterocycles. The fourth-order valence-electron chi connectivity index (χ4n) is 2.70. The monoisotopic (exact) mass is 312 g/mol. The molecular weight excluding hydrogens is 288 g/mol. The highest BCUT2D eigenvalue weighted by atomic mass is 35.5. The lowest BCUT2D eigenvalue weighted by molar-refractivity contribution is -0.00520. The summed E-state index contributed by atoms with van der Waals surface area (Å²) in [6.45, 7) is 8.34. The summed E-state index contributed by atoms with van der Waals surface area (Å²) < 4.78 is 10.8. The first-order chi connectivity index (χ1) is 10.1. The molecule has 0 aromatic heterocycles. The second-order valence-corrected chi connectivity index (χ2v) is 6.02. The first kappa shape index (κ1) is 16.6. The van der Waals surface area contributed by atoms with Crippen LogP contribution < -0.4 is 10.2 Å². The maximum Gasteiger partial charge on any atom is 0.0726 e. The van der Waals surface area contributed by atoms with Crippen molar-refractivity contribution in [2.24, 2.45) is 0 Å². The highest BCUT2D eigenvalue weighted by molar-refractivity contribution is 6.33. The van der Waals surface area contributed by atoms with E-state index in [1.54, 1.807) is 7.11 Å². The molecular formula is C16H25ClN2O2. The lowest BCUT2D eigenvalue weighted by Crippen LogP contribution is -2.45. The molecule has 0 spiro atoms. The van der Waals surface area contributed by atoms with Crippen LogP contribution in [0.1, 0.15) is 19.4 Å². The Morgan fingerprint density at radius 1 is 1.33 bits per heavy atom. The standard InChI is InChI=1S/C16H25ClN2O2/c1-12-10-19(11-13(2)21-12)16-5-4-14(8-15(16)17)9-18-6-7-20-3/h4-5,8,12-13,18H,6-7,9-11H2,1-3H3/t12-,13+. The summed E-state index contributed by atoms with van der Waals surface area (Å²) in [5.41, 5.74) is 2.29. The van der Waals surface area contributed by atoms with E-state index in [0.29, 0.717) is 0 Å². The minimum atomic E-state index is 0.236. The van der Waals surface area contributed by atoms with Crippen LogP contribution in [0.25, 0.3) is 0 Å². The van der Waals surface area contributed by atoms with Crippen LogP contribution in [-0.4, -0.2) is 45.6 Å². The molecule has 1 fully saturated rings. The van der Waals surface area contributed by atoms with E-state index >= 15 is 0 Å². The fraction of sp³-hybridized carbons (Fsp3) is 0.625. The van der Waals surface area contributed by atoms with Gasteiger partial charge >= 0.3 is 0 Å². The summed E-state index contributed by atoms with van der Waals surface area (Å²) in [6, 6.07) is 6.29. The average molecular weight is 313 g/mol. The number of halogens is 1. The lowest BCUT2D eigenvalue weighted by Gasteiger charge is -2.37. The number of nitrogens with zero attached hydrogens (tertiary/aromatic N) is 1. The zero-order chi connectivity index (χ0) is 15.2. The molecule has 2 rings (SSSR count). The van der Waals surface area contributed by atoms with Crippen LogP contribution >= 0.6 is 11.6 Å². The van der Waals surface area contributed by atoms with Gasteiger partial charge < -0.3 is 19.7 Å². The number of ether oxygens (including phenoxy) is 2. The molecule has 1 aliphatic rings.